The van der Waals surface area contributed by atoms with Gasteiger partial charge >= 0.3 is 0 Å². The summed E-state index contributed by atoms with van der Waals surface area (Å²) in [5.74, 6) is -0.0633. The maximum atomic E-state index is 9.35. The molecule has 2 aromatic rings. The number of aromatic amines is 1. The molecule has 0 saturated heterocycles. The largest absolute Gasteiger partial charge is 0.504 e. The highest BCUT2D eigenvalue weighted by Crippen LogP contribution is 2.35. The van der Waals surface area contributed by atoms with Gasteiger partial charge in [0.2, 0.25) is 0 Å². The van der Waals surface area contributed by atoms with Gasteiger partial charge in [-0.15, -0.1) is 0 Å². The van der Waals surface area contributed by atoms with Crippen LogP contribution in [0.3, 0.4) is 0 Å². The standard InChI is InChI=1S/C8H7ClN2O/c9-5-3-4-1-2-11-7(4)6(10)8(5)12/h1-3,11-12H,10H2. The van der Waals surface area contributed by atoms with Gasteiger partial charge in [-0.3, -0.25) is 0 Å². The number of aromatic hydroxyl groups is 1. The second kappa shape index (κ2) is 2.32. The van der Waals surface area contributed by atoms with E-state index in [1.165, 1.54) is 0 Å². The van der Waals surface area contributed by atoms with Gasteiger partial charge in [-0.05, 0) is 12.1 Å². The first-order valence-corrected chi connectivity index (χ1v) is 3.82. The third-order valence-corrected chi connectivity index (χ3v) is 2.10. The smallest absolute Gasteiger partial charge is 0.159 e. The number of anilines is 1. The number of nitrogen functional groups attached to an aromatic ring is 1. The first-order valence-electron chi connectivity index (χ1n) is 3.44. The Morgan fingerprint density at radius 2 is 2.25 bits per heavy atom. The van der Waals surface area contributed by atoms with E-state index in [2.05, 4.69) is 4.98 Å². The topological polar surface area (TPSA) is 62.0 Å². The van der Waals surface area contributed by atoms with E-state index < -0.39 is 0 Å². The quantitative estimate of drug-likeness (QED) is 0.432. The molecule has 0 unspecified atom stereocenters. The molecule has 0 aliphatic rings. The fourth-order valence-electron chi connectivity index (χ4n) is 1.19. The van der Waals surface area contributed by atoms with Crippen LogP contribution in [0, 0.1) is 0 Å². The van der Waals surface area contributed by atoms with Crippen molar-refractivity contribution in [2.24, 2.45) is 0 Å². The Morgan fingerprint density at radius 1 is 1.50 bits per heavy atom. The third-order valence-electron chi connectivity index (χ3n) is 1.81. The average Bonchev–Trinajstić information content (AvgIpc) is 2.48. The van der Waals surface area contributed by atoms with Gasteiger partial charge in [-0.1, -0.05) is 11.6 Å². The summed E-state index contributed by atoms with van der Waals surface area (Å²) in [6.45, 7) is 0. The highest BCUT2D eigenvalue weighted by molar-refractivity contribution is 6.33. The van der Waals surface area contributed by atoms with E-state index in [9.17, 15) is 5.11 Å². The predicted octanol–water partition coefficient (Wildman–Crippen LogP) is 2.11. The summed E-state index contributed by atoms with van der Waals surface area (Å²) in [7, 11) is 0. The van der Waals surface area contributed by atoms with E-state index in [1.54, 1.807) is 12.3 Å². The number of benzene rings is 1. The lowest BCUT2D eigenvalue weighted by Crippen LogP contribution is -1.87. The van der Waals surface area contributed by atoms with Crippen molar-refractivity contribution in [3.8, 4) is 5.75 Å². The summed E-state index contributed by atoms with van der Waals surface area (Å²) in [5, 5.41) is 10.5. The van der Waals surface area contributed by atoms with Gasteiger partial charge in [0.1, 0.15) is 0 Å². The average molecular weight is 183 g/mol. The molecule has 12 heavy (non-hydrogen) atoms. The molecule has 2 rings (SSSR count). The van der Waals surface area contributed by atoms with Crippen molar-refractivity contribution < 1.29 is 5.11 Å². The van der Waals surface area contributed by atoms with Crippen LogP contribution in [0.2, 0.25) is 5.02 Å². The second-order valence-corrected chi connectivity index (χ2v) is 2.97. The molecule has 0 aliphatic carbocycles. The molecule has 0 amide bonds. The van der Waals surface area contributed by atoms with Crippen LogP contribution in [-0.2, 0) is 0 Å². The molecule has 4 heteroatoms. The summed E-state index contributed by atoms with van der Waals surface area (Å²) >= 11 is 5.71. The van der Waals surface area contributed by atoms with Crippen LogP contribution < -0.4 is 5.73 Å². The molecule has 0 aliphatic heterocycles. The summed E-state index contributed by atoms with van der Waals surface area (Å²) in [6.07, 6.45) is 1.75. The van der Waals surface area contributed by atoms with Gasteiger partial charge in [0.25, 0.3) is 0 Å². The SMILES string of the molecule is Nc1c(O)c(Cl)cc2cc[nH]c12. The summed E-state index contributed by atoms with van der Waals surface area (Å²) in [4.78, 5) is 2.91. The lowest BCUT2D eigenvalue weighted by atomic mass is 10.2. The Kier molecular flexibility index (Phi) is 1.41. The van der Waals surface area contributed by atoms with Crippen LogP contribution in [0.1, 0.15) is 0 Å². The molecular formula is C8H7ClN2O. The molecular weight excluding hydrogens is 176 g/mol. The molecule has 0 radical (unpaired) electrons. The Morgan fingerprint density at radius 3 is 3.00 bits per heavy atom. The monoisotopic (exact) mass is 182 g/mol. The van der Waals surface area contributed by atoms with Crippen molar-refractivity contribution in [2.45, 2.75) is 0 Å². The van der Waals surface area contributed by atoms with Crippen LogP contribution in [0.15, 0.2) is 18.3 Å². The van der Waals surface area contributed by atoms with Crippen LogP contribution in [-0.4, -0.2) is 10.1 Å². The van der Waals surface area contributed by atoms with Crippen molar-refractivity contribution in [1.82, 2.24) is 4.98 Å². The van der Waals surface area contributed by atoms with Gasteiger partial charge in [0.05, 0.1) is 16.2 Å². The van der Waals surface area contributed by atoms with Gasteiger partial charge in [-0.2, -0.15) is 0 Å². The predicted molar refractivity (Wildman–Crippen MR) is 49.4 cm³/mol. The fraction of sp³-hybridized carbons (Fsp3) is 0. The zero-order valence-corrected chi connectivity index (χ0v) is 6.89. The van der Waals surface area contributed by atoms with Crippen LogP contribution in [0.25, 0.3) is 10.9 Å². The number of nitrogens with two attached hydrogens (primary N) is 1. The Bertz CT molecular complexity index is 436. The van der Waals surface area contributed by atoms with E-state index in [0.717, 1.165) is 10.9 Å². The number of phenolic OH excluding ortho intramolecular Hbond substituents is 1. The van der Waals surface area contributed by atoms with Gasteiger partial charge in [0, 0.05) is 11.6 Å². The highest BCUT2D eigenvalue weighted by atomic mass is 35.5. The Balaban J connectivity index is 2.94. The minimum atomic E-state index is -0.0633. The lowest BCUT2D eigenvalue weighted by molar-refractivity contribution is 0.479. The van der Waals surface area contributed by atoms with Crippen molar-refractivity contribution in [2.75, 3.05) is 5.73 Å². The second-order valence-electron chi connectivity index (χ2n) is 2.56. The number of rotatable bonds is 0. The molecule has 0 spiro atoms. The number of nitrogens with one attached hydrogen (secondary N) is 1. The fourth-order valence-corrected chi connectivity index (χ4v) is 1.41. The molecule has 0 bridgehead atoms. The first kappa shape index (κ1) is 7.31. The van der Waals surface area contributed by atoms with Crippen LogP contribution >= 0.6 is 11.6 Å². The number of hydrogen-bond acceptors (Lipinski definition) is 2. The van der Waals surface area contributed by atoms with Gasteiger partial charge in [-0.25, -0.2) is 0 Å². The summed E-state index contributed by atoms with van der Waals surface area (Å²) in [5.41, 5.74) is 6.61. The number of aromatic nitrogens is 1. The Hall–Kier alpha value is -1.35. The number of halogens is 1. The summed E-state index contributed by atoms with van der Waals surface area (Å²) in [6, 6.07) is 3.51. The molecule has 1 aromatic carbocycles. The highest BCUT2D eigenvalue weighted by Gasteiger charge is 2.08. The van der Waals surface area contributed by atoms with Crippen molar-refractivity contribution in [3.05, 3.63) is 23.4 Å². The minimum Gasteiger partial charge on any atom is -0.504 e. The lowest BCUT2D eigenvalue weighted by Gasteiger charge is -2.01. The van der Waals surface area contributed by atoms with Crippen molar-refractivity contribution in [3.63, 3.8) is 0 Å². The molecule has 4 N–H and O–H groups in total. The maximum absolute atomic E-state index is 9.35. The molecule has 0 fully saturated rings. The molecule has 3 nitrogen and oxygen atoms in total. The zero-order valence-electron chi connectivity index (χ0n) is 6.13. The number of H-pyrrole nitrogens is 1. The van der Waals surface area contributed by atoms with E-state index in [4.69, 9.17) is 17.3 Å². The number of fused-ring (bicyclic) bond motifs is 1. The number of hydrogen-bond donors (Lipinski definition) is 3. The van der Waals surface area contributed by atoms with E-state index in [0.29, 0.717) is 5.69 Å². The Labute approximate surface area is 73.8 Å². The number of phenols is 1. The van der Waals surface area contributed by atoms with E-state index >= 15 is 0 Å². The van der Waals surface area contributed by atoms with Gasteiger partial charge in [0.15, 0.2) is 5.75 Å². The molecule has 0 saturated carbocycles. The zero-order chi connectivity index (χ0) is 8.72. The molecule has 0 atom stereocenters. The van der Waals surface area contributed by atoms with Crippen molar-refractivity contribution in [1.29, 1.82) is 0 Å². The molecule has 1 heterocycles. The first-order chi connectivity index (χ1) is 5.70. The van der Waals surface area contributed by atoms with Crippen LogP contribution in [0.5, 0.6) is 5.75 Å². The molecule has 1 aromatic heterocycles. The van der Waals surface area contributed by atoms with E-state index in [1.807, 2.05) is 6.07 Å². The van der Waals surface area contributed by atoms with Crippen molar-refractivity contribution >= 4 is 28.2 Å². The third kappa shape index (κ3) is 0.833. The minimum absolute atomic E-state index is 0.0633. The van der Waals surface area contributed by atoms with Crippen LogP contribution in [0.4, 0.5) is 5.69 Å². The maximum Gasteiger partial charge on any atom is 0.159 e. The normalized spacial score (nSPS) is 10.8. The summed E-state index contributed by atoms with van der Waals surface area (Å²) < 4.78 is 0. The van der Waals surface area contributed by atoms with Gasteiger partial charge < -0.3 is 15.8 Å². The molecule has 62 valence electrons. The van der Waals surface area contributed by atoms with E-state index in [-0.39, 0.29) is 10.8 Å².